The summed E-state index contributed by atoms with van der Waals surface area (Å²) in [6.07, 6.45) is 3.67. The van der Waals surface area contributed by atoms with E-state index in [1.807, 2.05) is 0 Å². The fraction of sp³-hybridized carbons (Fsp3) is 0.778. The Kier molecular flexibility index (Phi) is 4.34. The van der Waals surface area contributed by atoms with E-state index in [-0.39, 0.29) is 17.0 Å². The molecular weight excluding hydrogens is 202 g/mol. The predicted molar refractivity (Wildman–Crippen MR) is 44.6 cm³/mol. The second-order valence-corrected chi connectivity index (χ2v) is 3.14. The molecule has 0 aromatic rings. The third-order valence-corrected chi connectivity index (χ3v) is 2.96. The van der Waals surface area contributed by atoms with Crippen molar-refractivity contribution in [3.8, 4) is 0 Å². The highest BCUT2D eigenvalue weighted by Crippen LogP contribution is 2.24. The molecule has 2 heteroatoms. The van der Waals surface area contributed by atoms with E-state index in [9.17, 15) is 0 Å². The van der Waals surface area contributed by atoms with Crippen LogP contribution >= 0.6 is 0 Å². The Morgan fingerprint density at radius 3 is 2.09 bits per heavy atom. The number of halogens is 1. The topological polar surface area (TPSA) is 0 Å². The number of nitrogens with zero attached hydrogens (tertiary/aromatic N) is 1. The summed E-state index contributed by atoms with van der Waals surface area (Å²) < 4.78 is 1.24. The van der Waals surface area contributed by atoms with Crippen molar-refractivity contribution < 1.29 is 21.5 Å². The Morgan fingerprint density at radius 1 is 1.36 bits per heavy atom. The summed E-state index contributed by atoms with van der Waals surface area (Å²) >= 11 is 0. The fourth-order valence-electron chi connectivity index (χ4n) is 1.93. The fourth-order valence-corrected chi connectivity index (χ4v) is 1.93. The molecule has 1 rings (SSSR count). The SMILES string of the molecule is CC[N+]1(CC)CCC=C1C.[Br-]. The van der Waals surface area contributed by atoms with Crippen molar-refractivity contribution in [2.75, 3.05) is 19.6 Å². The zero-order chi connectivity index (χ0) is 7.61. The van der Waals surface area contributed by atoms with Crippen LogP contribution in [0, 0.1) is 0 Å². The lowest BCUT2D eigenvalue weighted by Crippen LogP contribution is -3.00. The summed E-state index contributed by atoms with van der Waals surface area (Å²) in [5.41, 5.74) is 1.57. The third kappa shape index (κ3) is 1.85. The van der Waals surface area contributed by atoms with Crippen LogP contribution < -0.4 is 17.0 Å². The Hall–Kier alpha value is 0.180. The molecule has 1 nitrogen and oxygen atoms in total. The molecule has 0 radical (unpaired) electrons. The van der Waals surface area contributed by atoms with Crippen LogP contribution in [0.1, 0.15) is 27.2 Å². The summed E-state index contributed by atoms with van der Waals surface area (Å²) in [6.45, 7) is 10.7. The van der Waals surface area contributed by atoms with Gasteiger partial charge >= 0.3 is 0 Å². The van der Waals surface area contributed by atoms with E-state index in [1.165, 1.54) is 30.5 Å². The van der Waals surface area contributed by atoms with Crippen molar-refractivity contribution >= 4 is 0 Å². The largest absolute Gasteiger partial charge is 1.00 e. The highest BCUT2D eigenvalue weighted by atomic mass is 79.9. The van der Waals surface area contributed by atoms with Gasteiger partial charge in [0.15, 0.2) is 0 Å². The number of rotatable bonds is 2. The average Bonchev–Trinajstić information content (AvgIpc) is 2.32. The van der Waals surface area contributed by atoms with Gasteiger partial charge in [-0.15, -0.1) is 0 Å². The van der Waals surface area contributed by atoms with Gasteiger partial charge in [0.2, 0.25) is 0 Å². The summed E-state index contributed by atoms with van der Waals surface area (Å²) in [7, 11) is 0. The Balaban J connectivity index is 0.000001000. The highest BCUT2D eigenvalue weighted by Gasteiger charge is 2.29. The molecule has 0 aromatic heterocycles. The monoisotopic (exact) mass is 219 g/mol. The first-order chi connectivity index (χ1) is 4.75. The van der Waals surface area contributed by atoms with Gasteiger partial charge in [-0.3, -0.25) is 4.48 Å². The molecule has 1 aliphatic rings. The van der Waals surface area contributed by atoms with Crippen molar-refractivity contribution in [3.63, 3.8) is 0 Å². The van der Waals surface area contributed by atoms with E-state index in [2.05, 4.69) is 26.8 Å². The first-order valence-electron chi connectivity index (χ1n) is 4.28. The highest BCUT2D eigenvalue weighted by molar-refractivity contribution is 4.94. The normalized spacial score (nSPS) is 20.8. The van der Waals surface area contributed by atoms with Gasteiger partial charge in [-0.05, 0) is 19.9 Å². The molecular formula is C9H18BrN. The number of hydrogen-bond acceptors (Lipinski definition) is 0. The smallest absolute Gasteiger partial charge is 0.102 e. The molecule has 0 saturated heterocycles. The van der Waals surface area contributed by atoms with Crippen LogP contribution in [0.4, 0.5) is 0 Å². The van der Waals surface area contributed by atoms with Gasteiger partial charge in [0.1, 0.15) is 5.70 Å². The van der Waals surface area contributed by atoms with Gasteiger partial charge in [0.25, 0.3) is 0 Å². The van der Waals surface area contributed by atoms with Gasteiger partial charge in [0, 0.05) is 13.3 Å². The van der Waals surface area contributed by atoms with E-state index >= 15 is 0 Å². The Morgan fingerprint density at radius 2 is 1.91 bits per heavy atom. The third-order valence-electron chi connectivity index (χ3n) is 2.96. The van der Waals surface area contributed by atoms with Crippen LogP contribution in [-0.4, -0.2) is 24.1 Å². The second-order valence-electron chi connectivity index (χ2n) is 3.14. The van der Waals surface area contributed by atoms with Gasteiger partial charge < -0.3 is 17.0 Å². The standard InChI is InChI=1S/C9H18N.BrH/c1-4-10(5-2)8-6-7-9(10)3;/h7H,4-6,8H2,1-3H3;1H/q+1;/p-1. The number of hydrogen-bond donors (Lipinski definition) is 0. The molecule has 11 heavy (non-hydrogen) atoms. The second kappa shape index (κ2) is 4.27. The van der Waals surface area contributed by atoms with Crippen LogP contribution in [0.3, 0.4) is 0 Å². The number of allylic oxidation sites excluding steroid dienone is 1. The molecule has 0 atom stereocenters. The molecule has 66 valence electrons. The maximum absolute atomic E-state index is 2.38. The molecule has 0 amide bonds. The van der Waals surface area contributed by atoms with Crippen molar-refractivity contribution in [1.29, 1.82) is 0 Å². The quantitative estimate of drug-likeness (QED) is 0.532. The minimum atomic E-state index is 0. The van der Waals surface area contributed by atoms with Crippen molar-refractivity contribution in [1.82, 2.24) is 0 Å². The van der Waals surface area contributed by atoms with Gasteiger partial charge in [-0.25, -0.2) is 0 Å². The van der Waals surface area contributed by atoms with E-state index < -0.39 is 0 Å². The lowest BCUT2D eigenvalue weighted by atomic mass is 10.3. The van der Waals surface area contributed by atoms with Crippen LogP contribution in [0.2, 0.25) is 0 Å². The van der Waals surface area contributed by atoms with E-state index in [0.717, 1.165) is 0 Å². The molecule has 0 bridgehead atoms. The molecule has 1 heterocycles. The van der Waals surface area contributed by atoms with Gasteiger partial charge in [-0.2, -0.15) is 0 Å². The lowest BCUT2D eigenvalue weighted by Gasteiger charge is -2.32. The summed E-state index contributed by atoms with van der Waals surface area (Å²) in [5.74, 6) is 0. The van der Waals surface area contributed by atoms with Crippen molar-refractivity contribution in [2.24, 2.45) is 0 Å². The zero-order valence-corrected chi connectivity index (χ0v) is 9.32. The molecule has 0 aromatic carbocycles. The van der Waals surface area contributed by atoms with E-state index in [0.29, 0.717) is 0 Å². The minimum Gasteiger partial charge on any atom is -1.00 e. The maximum Gasteiger partial charge on any atom is 0.102 e. The maximum atomic E-state index is 2.38. The lowest BCUT2D eigenvalue weighted by molar-refractivity contribution is -0.882. The molecule has 1 aliphatic heterocycles. The molecule has 0 N–H and O–H groups in total. The summed E-state index contributed by atoms with van der Waals surface area (Å²) in [6, 6.07) is 0. The Labute approximate surface area is 80.4 Å². The summed E-state index contributed by atoms with van der Waals surface area (Å²) in [5, 5.41) is 0. The molecule has 0 unspecified atom stereocenters. The van der Waals surface area contributed by atoms with Crippen molar-refractivity contribution in [3.05, 3.63) is 11.8 Å². The molecule has 0 aliphatic carbocycles. The molecule has 0 fully saturated rings. The van der Waals surface area contributed by atoms with Crippen molar-refractivity contribution in [2.45, 2.75) is 27.2 Å². The first-order valence-corrected chi connectivity index (χ1v) is 4.28. The van der Waals surface area contributed by atoms with Crippen LogP contribution in [0.5, 0.6) is 0 Å². The van der Waals surface area contributed by atoms with Gasteiger partial charge in [0.05, 0.1) is 19.6 Å². The van der Waals surface area contributed by atoms with Gasteiger partial charge in [-0.1, -0.05) is 0 Å². The minimum absolute atomic E-state index is 0. The average molecular weight is 220 g/mol. The van der Waals surface area contributed by atoms with E-state index in [4.69, 9.17) is 0 Å². The Bertz CT molecular complexity index is 148. The van der Waals surface area contributed by atoms with Crippen LogP contribution in [0.15, 0.2) is 11.8 Å². The molecule has 0 saturated carbocycles. The van der Waals surface area contributed by atoms with Crippen LogP contribution in [-0.2, 0) is 0 Å². The van der Waals surface area contributed by atoms with E-state index in [1.54, 1.807) is 5.70 Å². The zero-order valence-electron chi connectivity index (χ0n) is 7.73. The first kappa shape index (κ1) is 11.2. The van der Waals surface area contributed by atoms with Crippen LogP contribution in [0.25, 0.3) is 0 Å². The molecule has 0 spiro atoms. The number of quaternary nitrogens is 1. The predicted octanol–water partition coefficient (Wildman–Crippen LogP) is -0.845. The summed E-state index contributed by atoms with van der Waals surface area (Å²) in [4.78, 5) is 0.